The van der Waals surface area contributed by atoms with Gasteiger partial charge in [0, 0.05) is 6.54 Å². The summed E-state index contributed by atoms with van der Waals surface area (Å²) in [6.07, 6.45) is 1.14. The molecule has 0 aliphatic carbocycles. The van der Waals surface area contributed by atoms with Crippen molar-refractivity contribution in [1.29, 1.82) is 0 Å². The summed E-state index contributed by atoms with van der Waals surface area (Å²) in [6, 6.07) is 8.14. The molecule has 20 heavy (non-hydrogen) atoms. The Balaban J connectivity index is 2.52. The van der Waals surface area contributed by atoms with Crippen LogP contribution in [0.3, 0.4) is 0 Å². The van der Waals surface area contributed by atoms with Gasteiger partial charge < -0.3 is 10.2 Å². The molecular formula is C15H26N4O. The van der Waals surface area contributed by atoms with E-state index in [0.717, 1.165) is 31.6 Å². The first kappa shape index (κ1) is 16.6. The van der Waals surface area contributed by atoms with Crippen molar-refractivity contribution in [2.24, 2.45) is 5.84 Å². The molecule has 0 fully saturated rings. The molecule has 0 aliphatic heterocycles. The summed E-state index contributed by atoms with van der Waals surface area (Å²) in [4.78, 5) is 13.8. The number of carbonyl (C=O) groups excluding carboxylic acids is 1. The lowest BCUT2D eigenvalue weighted by molar-refractivity contribution is -0.122. The Morgan fingerprint density at radius 1 is 1.35 bits per heavy atom. The molecule has 1 atom stereocenters. The third kappa shape index (κ3) is 5.28. The quantitative estimate of drug-likeness (QED) is 0.285. The Kier molecular flexibility index (Phi) is 7.22. The van der Waals surface area contributed by atoms with Crippen LogP contribution in [0.1, 0.15) is 30.4 Å². The summed E-state index contributed by atoms with van der Waals surface area (Å²) in [5.74, 6) is 4.77. The Morgan fingerprint density at radius 3 is 2.55 bits per heavy atom. The van der Waals surface area contributed by atoms with E-state index in [2.05, 4.69) is 34.8 Å². The van der Waals surface area contributed by atoms with Crippen LogP contribution in [0.25, 0.3) is 0 Å². The van der Waals surface area contributed by atoms with Gasteiger partial charge in [-0.25, -0.2) is 5.84 Å². The molecule has 1 rings (SSSR count). The number of nitrogens with zero attached hydrogens (tertiary/aromatic N) is 1. The van der Waals surface area contributed by atoms with Gasteiger partial charge in [0.25, 0.3) is 0 Å². The van der Waals surface area contributed by atoms with Gasteiger partial charge in [-0.05, 0) is 51.7 Å². The number of amides is 1. The van der Waals surface area contributed by atoms with Crippen LogP contribution >= 0.6 is 0 Å². The molecule has 0 saturated carbocycles. The summed E-state index contributed by atoms with van der Waals surface area (Å²) in [6.45, 7) is 4.87. The van der Waals surface area contributed by atoms with Crippen molar-refractivity contribution < 1.29 is 4.79 Å². The molecule has 0 aliphatic rings. The number of hydrogen-bond acceptors (Lipinski definition) is 4. The van der Waals surface area contributed by atoms with E-state index < -0.39 is 0 Å². The predicted octanol–water partition coefficient (Wildman–Crippen LogP) is 0.821. The summed E-state index contributed by atoms with van der Waals surface area (Å²) in [7, 11) is 4.09. The molecule has 4 N–H and O–H groups in total. The average Bonchev–Trinajstić information content (AvgIpc) is 2.46. The van der Waals surface area contributed by atoms with Gasteiger partial charge in [0.2, 0.25) is 5.91 Å². The first-order chi connectivity index (χ1) is 9.58. The van der Waals surface area contributed by atoms with Crippen LogP contribution in [0.5, 0.6) is 0 Å². The molecule has 0 radical (unpaired) electrons. The molecule has 5 nitrogen and oxygen atoms in total. The van der Waals surface area contributed by atoms with E-state index in [9.17, 15) is 4.79 Å². The smallest absolute Gasteiger partial charge is 0.241 e. The van der Waals surface area contributed by atoms with E-state index in [-0.39, 0.29) is 11.8 Å². The zero-order chi connectivity index (χ0) is 15.0. The van der Waals surface area contributed by atoms with Gasteiger partial charge in [0.05, 0.1) is 5.92 Å². The highest BCUT2D eigenvalue weighted by molar-refractivity contribution is 5.82. The van der Waals surface area contributed by atoms with Crippen LogP contribution in [-0.2, 0) is 11.3 Å². The highest BCUT2D eigenvalue weighted by atomic mass is 16.2. The molecule has 1 amide bonds. The van der Waals surface area contributed by atoms with Crippen molar-refractivity contribution in [3.63, 3.8) is 0 Å². The van der Waals surface area contributed by atoms with Crippen molar-refractivity contribution in [1.82, 2.24) is 15.6 Å². The normalized spacial score (nSPS) is 12.4. The van der Waals surface area contributed by atoms with E-state index in [1.807, 2.05) is 26.1 Å². The number of hydrazine groups is 1. The second kappa shape index (κ2) is 8.68. The van der Waals surface area contributed by atoms with Gasteiger partial charge in [-0.15, -0.1) is 0 Å². The lowest BCUT2D eigenvalue weighted by Crippen LogP contribution is -2.33. The molecule has 0 heterocycles. The predicted molar refractivity (Wildman–Crippen MR) is 82.1 cm³/mol. The monoisotopic (exact) mass is 278 g/mol. The maximum Gasteiger partial charge on any atom is 0.241 e. The van der Waals surface area contributed by atoms with Crippen LogP contribution in [-0.4, -0.2) is 38.0 Å². The average molecular weight is 278 g/mol. The third-order valence-corrected chi connectivity index (χ3v) is 3.43. The molecule has 1 unspecified atom stereocenters. The first-order valence-corrected chi connectivity index (χ1v) is 7.01. The fraction of sp³-hybridized carbons (Fsp3) is 0.533. The second-order valence-electron chi connectivity index (χ2n) is 5.17. The number of hydrogen-bond donors (Lipinski definition) is 3. The van der Waals surface area contributed by atoms with Crippen LogP contribution < -0.4 is 16.6 Å². The first-order valence-electron chi connectivity index (χ1n) is 7.01. The van der Waals surface area contributed by atoms with E-state index in [1.165, 1.54) is 5.56 Å². The minimum absolute atomic E-state index is 0.165. The number of rotatable bonds is 8. The Labute approximate surface area is 121 Å². The standard InChI is InChI=1S/C15H26N4O/c1-12(15(20)18-16)14-7-5-13(6-8-14)11-19(3)10-4-9-17-2/h5-8,12,17H,4,9-11,16H2,1-3H3,(H,18,20). The van der Waals surface area contributed by atoms with Crippen LogP contribution in [0, 0.1) is 0 Å². The Morgan fingerprint density at radius 2 is 2.00 bits per heavy atom. The summed E-state index contributed by atoms with van der Waals surface area (Å²) < 4.78 is 0. The maximum absolute atomic E-state index is 11.5. The maximum atomic E-state index is 11.5. The third-order valence-electron chi connectivity index (χ3n) is 3.43. The van der Waals surface area contributed by atoms with Crippen LogP contribution in [0.4, 0.5) is 0 Å². The van der Waals surface area contributed by atoms with Crippen molar-refractivity contribution in [2.45, 2.75) is 25.8 Å². The number of nitrogens with two attached hydrogens (primary N) is 1. The van der Waals surface area contributed by atoms with E-state index in [1.54, 1.807) is 0 Å². The molecule has 1 aromatic carbocycles. The molecule has 0 saturated heterocycles. The minimum Gasteiger partial charge on any atom is -0.320 e. The lowest BCUT2D eigenvalue weighted by Gasteiger charge is -2.17. The summed E-state index contributed by atoms with van der Waals surface area (Å²) >= 11 is 0. The van der Waals surface area contributed by atoms with Gasteiger partial charge in [0.1, 0.15) is 0 Å². The van der Waals surface area contributed by atoms with E-state index in [4.69, 9.17) is 5.84 Å². The molecule has 5 heteroatoms. The molecule has 1 aromatic rings. The summed E-state index contributed by atoms with van der Waals surface area (Å²) in [5.41, 5.74) is 4.42. The number of benzene rings is 1. The molecule has 112 valence electrons. The van der Waals surface area contributed by atoms with Gasteiger partial charge in [-0.1, -0.05) is 24.3 Å². The van der Waals surface area contributed by atoms with E-state index in [0.29, 0.717) is 0 Å². The van der Waals surface area contributed by atoms with Gasteiger partial charge in [-0.2, -0.15) is 0 Å². The summed E-state index contributed by atoms with van der Waals surface area (Å²) in [5, 5.41) is 3.15. The van der Waals surface area contributed by atoms with E-state index >= 15 is 0 Å². The largest absolute Gasteiger partial charge is 0.320 e. The number of nitrogens with one attached hydrogen (secondary N) is 2. The van der Waals surface area contributed by atoms with Gasteiger partial charge in [0.15, 0.2) is 0 Å². The van der Waals surface area contributed by atoms with Crippen molar-refractivity contribution in [3.05, 3.63) is 35.4 Å². The second-order valence-corrected chi connectivity index (χ2v) is 5.17. The van der Waals surface area contributed by atoms with Gasteiger partial charge in [-0.3, -0.25) is 10.2 Å². The van der Waals surface area contributed by atoms with Crippen molar-refractivity contribution in [2.75, 3.05) is 27.2 Å². The van der Waals surface area contributed by atoms with Crippen LogP contribution in [0.15, 0.2) is 24.3 Å². The zero-order valence-corrected chi connectivity index (χ0v) is 12.6. The minimum atomic E-state index is -0.220. The molecule has 0 bridgehead atoms. The Hall–Kier alpha value is -1.43. The topological polar surface area (TPSA) is 70.4 Å². The van der Waals surface area contributed by atoms with Crippen molar-refractivity contribution >= 4 is 5.91 Å². The highest BCUT2D eigenvalue weighted by Gasteiger charge is 2.13. The van der Waals surface area contributed by atoms with Gasteiger partial charge >= 0.3 is 0 Å². The molecular weight excluding hydrogens is 252 g/mol. The fourth-order valence-corrected chi connectivity index (χ4v) is 2.10. The van der Waals surface area contributed by atoms with Crippen molar-refractivity contribution in [3.8, 4) is 0 Å². The lowest BCUT2D eigenvalue weighted by atomic mass is 9.99. The highest BCUT2D eigenvalue weighted by Crippen LogP contribution is 2.16. The molecule has 0 spiro atoms. The molecule has 0 aromatic heterocycles. The zero-order valence-electron chi connectivity index (χ0n) is 12.6. The fourth-order valence-electron chi connectivity index (χ4n) is 2.10. The Bertz CT molecular complexity index is 405. The SMILES string of the molecule is CNCCCN(C)Cc1ccc(C(C)C(=O)NN)cc1. The van der Waals surface area contributed by atoms with Crippen LogP contribution in [0.2, 0.25) is 0 Å². The number of carbonyl (C=O) groups is 1.